The molecule has 0 spiro atoms. The van der Waals surface area contributed by atoms with Crippen LogP contribution in [-0.4, -0.2) is 17.0 Å². The quantitative estimate of drug-likeness (QED) is 0.313. The molecule has 0 radical (unpaired) electrons. The van der Waals surface area contributed by atoms with Gasteiger partial charge in [-0.1, -0.05) is 47.5 Å². The summed E-state index contributed by atoms with van der Waals surface area (Å²) in [7, 11) is 0. The molecule has 0 aliphatic heterocycles. The zero-order chi connectivity index (χ0) is 24.0. The van der Waals surface area contributed by atoms with Gasteiger partial charge in [0.15, 0.2) is 0 Å². The number of hydrogen-bond donors (Lipinski definition) is 2. The Kier molecular flexibility index (Phi) is 7.73. The highest BCUT2D eigenvalue weighted by atomic mass is 35.5. The predicted molar refractivity (Wildman–Crippen MR) is 128 cm³/mol. The van der Waals surface area contributed by atoms with Crippen molar-refractivity contribution in [3.8, 4) is 11.8 Å². The van der Waals surface area contributed by atoms with Crippen LogP contribution < -0.4 is 10.1 Å². The second kappa shape index (κ2) is 10.7. The molecular formula is C25H18Cl2N2O4. The van der Waals surface area contributed by atoms with Crippen molar-refractivity contribution in [1.29, 1.82) is 5.26 Å². The first-order valence-electron chi connectivity index (χ1n) is 9.70. The van der Waals surface area contributed by atoms with E-state index in [1.54, 1.807) is 48.5 Å². The molecule has 0 fully saturated rings. The summed E-state index contributed by atoms with van der Waals surface area (Å²) in [5, 5.41) is 21.8. The van der Waals surface area contributed by atoms with E-state index >= 15 is 0 Å². The number of carbonyl (C=O) groups is 2. The fourth-order valence-corrected chi connectivity index (χ4v) is 3.24. The van der Waals surface area contributed by atoms with Crippen LogP contribution in [0.1, 0.15) is 27.0 Å². The molecule has 6 nitrogen and oxygen atoms in total. The summed E-state index contributed by atoms with van der Waals surface area (Å²) >= 11 is 12.4. The van der Waals surface area contributed by atoms with Crippen LogP contribution in [0.25, 0.3) is 6.08 Å². The van der Waals surface area contributed by atoms with Crippen LogP contribution in [0.2, 0.25) is 10.0 Å². The molecule has 3 aromatic rings. The number of hydrogen-bond acceptors (Lipinski definition) is 4. The molecule has 33 heavy (non-hydrogen) atoms. The average Bonchev–Trinajstić information content (AvgIpc) is 2.79. The number of anilines is 1. The Hall–Kier alpha value is -3.79. The SMILES string of the molecule is Cc1ccc(NC(=O)/C(C#N)=C/c2ccc(OCc3ccc(C(=O)O)cc3)c(Cl)c2)cc1Cl. The van der Waals surface area contributed by atoms with Gasteiger partial charge in [-0.2, -0.15) is 5.26 Å². The maximum absolute atomic E-state index is 12.5. The largest absolute Gasteiger partial charge is 0.487 e. The minimum Gasteiger partial charge on any atom is -0.487 e. The Morgan fingerprint density at radius 2 is 1.79 bits per heavy atom. The third-order valence-corrected chi connectivity index (χ3v) is 5.36. The second-order valence-corrected chi connectivity index (χ2v) is 7.88. The summed E-state index contributed by atoms with van der Waals surface area (Å²) in [5.41, 5.74) is 2.77. The molecule has 0 saturated carbocycles. The summed E-state index contributed by atoms with van der Waals surface area (Å²) in [6.07, 6.45) is 1.42. The van der Waals surface area contributed by atoms with E-state index < -0.39 is 11.9 Å². The van der Waals surface area contributed by atoms with Crippen molar-refractivity contribution in [2.75, 3.05) is 5.32 Å². The smallest absolute Gasteiger partial charge is 0.335 e. The molecule has 0 aliphatic carbocycles. The molecule has 0 saturated heterocycles. The monoisotopic (exact) mass is 480 g/mol. The zero-order valence-electron chi connectivity index (χ0n) is 17.4. The molecule has 166 valence electrons. The molecule has 0 bridgehead atoms. The number of aryl methyl sites for hydroxylation is 1. The number of carbonyl (C=O) groups excluding carboxylic acids is 1. The summed E-state index contributed by atoms with van der Waals surface area (Å²) in [4.78, 5) is 23.4. The first-order chi connectivity index (χ1) is 15.8. The van der Waals surface area contributed by atoms with Crippen molar-refractivity contribution >= 4 is 46.8 Å². The van der Waals surface area contributed by atoms with Gasteiger partial charge in [0.2, 0.25) is 0 Å². The fourth-order valence-electron chi connectivity index (χ4n) is 2.81. The topological polar surface area (TPSA) is 99.4 Å². The van der Waals surface area contributed by atoms with Gasteiger partial charge < -0.3 is 15.2 Å². The van der Waals surface area contributed by atoms with Gasteiger partial charge in [0, 0.05) is 10.7 Å². The number of ether oxygens (including phenoxy) is 1. The Bertz CT molecular complexity index is 1280. The Labute approximate surface area is 200 Å². The van der Waals surface area contributed by atoms with E-state index in [0.717, 1.165) is 11.1 Å². The number of aromatic carboxylic acids is 1. The van der Waals surface area contributed by atoms with Crippen molar-refractivity contribution in [1.82, 2.24) is 0 Å². The molecule has 3 rings (SSSR count). The van der Waals surface area contributed by atoms with E-state index in [1.807, 2.05) is 13.0 Å². The van der Waals surface area contributed by atoms with Crippen molar-refractivity contribution in [3.63, 3.8) is 0 Å². The molecule has 0 atom stereocenters. The van der Waals surface area contributed by atoms with E-state index in [1.165, 1.54) is 18.2 Å². The third kappa shape index (κ3) is 6.36. The van der Waals surface area contributed by atoms with E-state index in [2.05, 4.69) is 5.32 Å². The van der Waals surface area contributed by atoms with E-state index in [0.29, 0.717) is 27.0 Å². The van der Waals surface area contributed by atoms with Crippen molar-refractivity contribution in [3.05, 3.63) is 98.5 Å². The Morgan fingerprint density at radius 1 is 1.06 bits per heavy atom. The highest BCUT2D eigenvalue weighted by molar-refractivity contribution is 6.32. The number of halogens is 2. The van der Waals surface area contributed by atoms with Gasteiger partial charge >= 0.3 is 5.97 Å². The molecule has 2 N–H and O–H groups in total. The van der Waals surface area contributed by atoms with Gasteiger partial charge in [0.1, 0.15) is 24.0 Å². The zero-order valence-corrected chi connectivity index (χ0v) is 18.9. The normalized spacial score (nSPS) is 10.9. The number of nitrogens with zero attached hydrogens (tertiary/aromatic N) is 1. The number of carboxylic acid groups (broad SMARTS) is 1. The van der Waals surface area contributed by atoms with E-state index in [9.17, 15) is 14.9 Å². The molecule has 0 aromatic heterocycles. The van der Waals surface area contributed by atoms with Crippen LogP contribution in [0.5, 0.6) is 5.75 Å². The minimum atomic E-state index is -0.998. The first kappa shape index (κ1) is 23.9. The molecule has 3 aromatic carbocycles. The van der Waals surface area contributed by atoms with Gasteiger partial charge in [-0.05, 0) is 66.1 Å². The standard InChI is InChI=1S/C25H18Cl2N2O4/c1-15-2-8-20(12-21(15)26)29-24(30)19(13-28)10-17-5-9-23(22(27)11-17)33-14-16-3-6-18(7-4-16)25(31)32/h2-12H,14H2,1H3,(H,29,30)(H,31,32)/b19-10+. The highest BCUT2D eigenvalue weighted by Crippen LogP contribution is 2.27. The maximum Gasteiger partial charge on any atom is 0.335 e. The van der Waals surface area contributed by atoms with Gasteiger partial charge in [0.25, 0.3) is 5.91 Å². The van der Waals surface area contributed by atoms with Crippen LogP contribution in [0.4, 0.5) is 5.69 Å². The lowest BCUT2D eigenvalue weighted by atomic mass is 10.1. The molecule has 8 heteroatoms. The fraction of sp³-hybridized carbons (Fsp3) is 0.0800. The summed E-state index contributed by atoms with van der Waals surface area (Å²) in [6, 6.07) is 18.2. The molecular weight excluding hydrogens is 463 g/mol. The lowest BCUT2D eigenvalue weighted by Crippen LogP contribution is -2.13. The van der Waals surface area contributed by atoms with Crippen molar-refractivity contribution in [2.24, 2.45) is 0 Å². The molecule has 0 heterocycles. The van der Waals surface area contributed by atoms with E-state index in [4.69, 9.17) is 33.0 Å². The number of benzene rings is 3. The van der Waals surface area contributed by atoms with Gasteiger partial charge in [-0.3, -0.25) is 4.79 Å². The van der Waals surface area contributed by atoms with E-state index in [-0.39, 0.29) is 17.7 Å². The number of amides is 1. The van der Waals surface area contributed by atoms with Crippen LogP contribution >= 0.6 is 23.2 Å². The maximum atomic E-state index is 12.5. The second-order valence-electron chi connectivity index (χ2n) is 7.07. The van der Waals surface area contributed by atoms with Crippen LogP contribution in [0.15, 0.2) is 66.2 Å². The lowest BCUT2D eigenvalue weighted by Gasteiger charge is -2.09. The predicted octanol–water partition coefficient (Wildman–Crippen LogP) is 6.12. The Balaban J connectivity index is 1.69. The summed E-state index contributed by atoms with van der Waals surface area (Å²) in [5.74, 6) is -1.16. The minimum absolute atomic E-state index is 0.102. The van der Waals surface area contributed by atoms with Crippen molar-refractivity contribution < 1.29 is 19.4 Å². The van der Waals surface area contributed by atoms with Crippen LogP contribution in [0, 0.1) is 18.3 Å². The number of carboxylic acids is 1. The third-order valence-electron chi connectivity index (χ3n) is 4.66. The number of nitriles is 1. The average molecular weight is 481 g/mol. The molecule has 0 aliphatic rings. The van der Waals surface area contributed by atoms with Gasteiger partial charge in [-0.15, -0.1) is 0 Å². The highest BCUT2D eigenvalue weighted by Gasteiger charge is 2.11. The number of rotatable bonds is 7. The lowest BCUT2D eigenvalue weighted by molar-refractivity contribution is -0.112. The first-order valence-corrected chi connectivity index (χ1v) is 10.5. The van der Waals surface area contributed by atoms with Crippen molar-refractivity contribution in [2.45, 2.75) is 13.5 Å². The Morgan fingerprint density at radius 3 is 2.39 bits per heavy atom. The molecule has 1 amide bonds. The van der Waals surface area contributed by atoms with Gasteiger partial charge in [0.05, 0.1) is 10.6 Å². The van der Waals surface area contributed by atoms with Crippen LogP contribution in [0.3, 0.4) is 0 Å². The summed E-state index contributed by atoms with van der Waals surface area (Å²) < 4.78 is 5.70. The molecule has 0 unspecified atom stereocenters. The number of nitrogens with one attached hydrogen (secondary N) is 1. The summed E-state index contributed by atoms with van der Waals surface area (Å²) in [6.45, 7) is 2.04. The van der Waals surface area contributed by atoms with Crippen LogP contribution in [-0.2, 0) is 11.4 Å². The van der Waals surface area contributed by atoms with Gasteiger partial charge in [-0.25, -0.2) is 4.79 Å².